The number of phenols is 1. The van der Waals surface area contributed by atoms with Gasteiger partial charge in [-0.1, -0.05) is 12.1 Å². The third kappa shape index (κ3) is 2.40. The van der Waals surface area contributed by atoms with Crippen molar-refractivity contribution in [1.82, 2.24) is 4.90 Å². The Labute approximate surface area is 119 Å². The lowest BCUT2D eigenvalue weighted by Crippen LogP contribution is -2.34. The standard InChI is InChI=1S/C16H22N2O2/c1-10-2-3-11(6-15(10)19)7-16(20)18-8-12-4-5-14(17)13(12)9-18/h2-3,6,12-14,19H,4-5,7-9,17H2,1H3. The van der Waals surface area contributed by atoms with E-state index in [9.17, 15) is 9.90 Å². The van der Waals surface area contributed by atoms with Gasteiger partial charge in [0.25, 0.3) is 0 Å². The average Bonchev–Trinajstić information content (AvgIpc) is 2.97. The summed E-state index contributed by atoms with van der Waals surface area (Å²) >= 11 is 0. The smallest absolute Gasteiger partial charge is 0.227 e. The van der Waals surface area contributed by atoms with Crippen LogP contribution in [0.4, 0.5) is 0 Å². The monoisotopic (exact) mass is 274 g/mol. The fraction of sp³-hybridized carbons (Fsp3) is 0.562. The molecule has 1 aromatic rings. The van der Waals surface area contributed by atoms with Crippen LogP contribution in [0.3, 0.4) is 0 Å². The van der Waals surface area contributed by atoms with E-state index in [0.717, 1.165) is 37.1 Å². The molecule has 0 spiro atoms. The minimum Gasteiger partial charge on any atom is -0.508 e. The first-order valence-electron chi connectivity index (χ1n) is 7.36. The van der Waals surface area contributed by atoms with Crippen molar-refractivity contribution >= 4 is 5.91 Å². The first-order chi connectivity index (χ1) is 9.54. The predicted molar refractivity (Wildman–Crippen MR) is 77.3 cm³/mol. The van der Waals surface area contributed by atoms with Crippen LogP contribution in [0.25, 0.3) is 0 Å². The summed E-state index contributed by atoms with van der Waals surface area (Å²) in [5.41, 5.74) is 7.81. The lowest BCUT2D eigenvalue weighted by atomic mass is 9.98. The maximum atomic E-state index is 12.4. The van der Waals surface area contributed by atoms with Gasteiger partial charge in [-0.25, -0.2) is 0 Å². The molecule has 3 atom stereocenters. The van der Waals surface area contributed by atoms with Gasteiger partial charge in [-0.15, -0.1) is 0 Å². The highest BCUT2D eigenvalue weighted by molar-refractivity contribution is 5.79. The van der Waals surface area contributed by atoms with E-state index >= 15 is 0 Å². The normalized spacial score (nSPS) is 28.7. The molecule has 2 aliphatic rings. The van der Waals surface area contributed by atoms with E-state index in [1.807, 2.05) is 24.0 Å². The number of aryl methyl sites for hydroxylation is 1. The molecule has 1 aliphatic carbocycles. The number of amides is 1. The third-order valence-electron chi connectivity index (χ3n) is 4.89. The second kappa shape index (κ2) is 5.09. The Hall–Kier alpha value is -1.55. The van der Waals surface area contributed by atoms with Gasteiger partial charge in [-0.2, -0.15) is 0 Å². The highest BCUT2D eigenvalue weighted by atomic mass is 16.3. The van der Waals surface area contributed by atoms with Crippen molar-refractivity contribution in [2.75, 3.05) is 13.1 Å². The summed E-state index contributed by atoms with van der Waals surface area (Å²) < 4.78 is 0. The van der Waals surface area contributed by atoms with Crippen LogP contribution >= 0.6 is 0 Å². The Kier molecular flexibility index (Phi) is 3.42. The van der Waals surface area contributed by atoms with Gasteiger partial charge in [-0.05, 0) is 48.8 Å². The van der Waals surface area contributed by atoms with Crippen molar-refractivity contribution in [3.05, 3.63) is 29.3 Å². The molecule has 1 aliphatic heterocycles. The van der Waals surface area contributed by atoms with Crippen LogP contribution in [0.2, 0.25) is 0 Å². The number of nitrogens with two attached hydrogens (primary N) is 1. The maximum Gasteiger partial charge on any atom is 0.227 e. The summed E-state index contributed by atoms with van der Waals surface area (Å²) in [6, 6.07) is 5.72. The van der Waals surface area contributed by atoms with E-state index in [1.165, 1.54) is 0 Å². The van der Waals surface area contributed by atoms with Gasteiger partial charge in [-0.3, -0.25) is 4.79 Å². The highest BCUT2D eigenvalue weighted by Crippen LogP contribution is 2.37. The van der Waals surface area contributed by atoms with Crippen LogP contribution in [0.1, 0.15) is 24.0 Å². The minimum atomic E-state index is 0.148. The minimum absolute atomic E-state index is 0.148. The van der Waals surface area contributed by atoms with E-state index in [0.29, 0.717) is 18.3 Å². The van der Waals surface area contributed by atoms with Crippen molar-refractivity contribution in [2.45, 2.75) is 32.2 Å². The highest BCUT2D eigenvalue weighted by Gasteiger charge is 2.42. The van der Waals surface area contributed by atoms with Crippen molar-refractivity contribution in [2.24, 2.45) is 17.6 Å². The van der Waals surface area contributed by atoms with Gasteiger partial charge in [0.1, 0.15) is 5.75 Å². The molecule has 0 aromatic heterocycles. The molecule has 1 heterocycles. The molecule has 3 N–H and O–H groups in total. The number of fused-ring (bicyclic) bond motifs is 1. The second-order valence-electron chi connectivity index (χ2n) is 6.26. The molecule has 3 rings (SSSR count). The van der Waals surface area contributed by atoms with Crippen molar-refractivity contribution in [3.63, 3.8) is 0 Å². The van der Waals surface area contributed by atoms with Crippen molar-refractivity contribution in [1.29, 1.82) is 0 Å². The fourth-order valence-electron chi connectivity index (χ4n) is 3.56. The average molecular weight is 274 g/mol. The van der Waals surface area contributed by atoms with Gasteiger partial charge >= 0.3 is 0 Å². The molecule has 1 amide bonds. The quantitative estimate of drug-likeness (QED) is 0.857. The summed E-state index contributed by atoms with van der Waals surface area (Å²) in [7, 11) is 0. The molecule has 108 valence electrons. The van der Waals surface area contributed by atoms with E-state index in [4.69, 9.17) is 5.73 Å². The van der Waals surface area contributed by atoms with Gasteiger partial charge in [0.05, 0.1) is 6.42 Å². The molecule has 1 aromatic carbocycles. The molecule has 4 nitrogen and oxygen atoms in total. The first kappa shape index (κ1) is 13.4. The zero-order valence-corrected chi connectivity index (χ0v) is 11.9. The Balaban J connectivity index is 1.64. The van der Waals surface area contributed by atoms with Crippen LogP contribution in [-0.2, 0) is 11.2 Å². The summed E-state index contributed by atoms with van der Waals surface area (Å²) in [6.45, 7) is 3.52. The van der Waals surface area contributed by atoms with Gasteiger partial charge in [0.15, 0.2) is 0 Å². The molecule has 0 bridgehead atoms. The summed E-state index contributed by atoms with van der Waals surface area (Å²) in [5, 5.41) is 9.70. The van der Waals surface area contributed by atoms with Gasteiger partial charge in [0.2, 0.25) is 5.91 Å². The number of benzene rings is 1. The molecule has 1 saturated carbocycles. The Bertz CT molecular complexity index is 529. The number of carbonyl (C=O) groups excluding carboxylic acids is 1. The number of aromatic hydroxyl groups is 1. The predicted octanol–water partition coefficient (Wildman–Crippen LogP) is 1.44. The van der Waals surface area contributed by atoms with Crippen LogP contribution in [0, 0.1) is 18.8 Å². The third-order valence-corrected chi connectivity index (χ3v) is 4.89. The van der Waals surface area contributed by atoms with Crippen LogP contribution in [0.15, 0.2) is 18.2 Å². The first-order valence-corrected chi connectivity index (χ1v) is 7.36. The summed E-state index contributed by atoms with van der Waals surface area (Å²) in [5.74, 6) is 1.50. The molecular weight excluding hydrogens is 252 g/mol. The molecular formula is C16H22N2O2. The summed E-state index contributed by atoms with van der Waals surface area (Å²) in [4.78, 5) is 14.3. The van der Waals surface area contributed by atoms with Crippen LogP contribution < -0.4 is 5.73 Å². The van der Waals surface area contributed by atoms with Crippen molar-refractivity contribution < 1.29 is 9.90 Å². The molecule has 2 fully saturated rings. The number of hydrogen-bond acceptors (Lipinski definition) is 3. The zero-order valence-electron chi connectivity index (χ0n) is 11.9. The second-order valence-corrected chi connectivity index (χ2v) is 6.26. The number of likely N-dealkylation sites (tertiary alicyclic amines) is 1. The van der Waals surface area contributed by atoms with Crippen molar-refractivity contribution in [3.8, 4) is 5.75 Å². The molecule has 0 radical (unpaired) electrons. The maximum absolute atomic E-state index is 12.4. The van der Waals surface area contributed by atoms with E-state index in [-0.39, 0.29) is 17.7 Å². The Morgan fingerprint density at radius 1 is 1.40 bits per heavy atom. The fourth-order valence-corrected chi connectivity index (χ4v) is 3.56. The number of carbonyl (C=O) groups is 1. The van der Waals surface area contributed by atoms with Crippen LogP contribution in [0.5, 0.6) is 5.75 Å². The molecule has 3 unspecified atom stereocenters. The number of rotatable bonds is 2. The molecule has 20 heavy (non-hydrogen) atoms. The SMILES string of the molecule is Cc1ccc(CC(=O)N2CC3CCC(N)C3C2)cc1O. The van der Waals surface area contributed by atoms with E-state index in [1.54, 1.807) is 6.07 Å². The number of nitrogens with zero attached hydrogens (tertiary/aromatic N) is 1. The Morgan fingerprint density at radius 3 is 2.90 bits per heavy atom. The van der Waals surface area contributed by atoms with E-state index in [2.05, 4.69) is 0 Å². The zero-order chi connectivity index (χ0) is 14.3. The number of phenolic OH excluding ortho intramolecular Hbond substituents is 1. The lowest BCUT2D eigenvalue weighted by Gasteiger charge is -2.19. The van der Waals surface area contributed by atoms with Gasteiger partial charge in [0, 0.05) is 19.1 Å². The topological polar surface area (TPSA) is 66.6 Å². The van der Waals surface area contributed by atoms with Gasteiger partial charge < -0.3 is 15.7 Å². The molecule has 4 heteroatoms. The summed E-state index contributed by atoms with van der Waals surface area (Å²) in [6.07, 6.45) is 2.62. The number of hydrogen-bond donors (Lipinski definition) is 2. The largest absolute Gasteiger partial charge is 0.508 e. The molecule has 1 saturated heterocycles. The Morgan fingerprint density at radius 2 is 2.20 bits per heavy atom. The van der Waals surface area contributed by atoms with E-state index < -0.39 is 0 Å². The van der Waals surface area contributed by atoms with Crippen LogP contribution in [-0.4, -0.2) is 35.0 Å². The lowest BCUT2D eigenvalue weighted by molar-refractivity contribution is -0.129.